The van der Waals surface area contributed by atoms with Gasteiger partial charge in [0, 0.05) is 19.6 Å². The maximum atomic E-state index is 6.06. The third kappa shape index (κ3) is 3.12. The van der Waals surface area contributed by atoms with Crippen LogP contribution in [0.15, 0.2) is 12.7 Å². The highest BCUT2D eigenvalue weighted by molar-refractivity contribution is 5.03. The second-order valence-electron chi connectivity index (χ2n) is 6.11. The Morgan fingerprint density at radius 2 is 1.89 bits per heavy atom. The zero-order chi connectivity index (χ0) is 14.0. The fraction of sp³-hybridized carbons (Fsp3) is 0.857. The van der Waals surface area contributed by atoms with Crippen LogP contribution in [0.3, 0.4) is 0 Å². The van der Waals surface area contributed by atoms with Gasteiger partial charge < -0.3 is 18.9 Å². The van der Waals surface area contributed by atoms with Gasteiger partial charge in [-0.25, -0.2) is 0 Å². The lowest BCUT2D eigenvalue weighted by Crippen LogP contribution is -2.55. The molecule has 1 aliphatic rings. The number of ether oxygens (including phenoxy) is 4. The van der Waals surface area contributed by atoms with Crippen LogP contribution in [0.1, 0.15) is 27.7 Å². The average Bonchev–Trinajstić information content (AvgIpc) is 2.31. The minimum Gasteiger partial charge on any atom is -0.351 e. The minimum absolute atomic E-state index is 0.00551. The van der Waals surface area contributed by atoms with Crippen molar-refractivity contribution in [1.29, 1.82) is 0 Å². The highest BCUT2D eigenvalue weighted by Gasteiger charge is 2.47. The predicted molar refractivity (Wildman–Crippen MR) is 70.2 cm³/mol. The summed E-state index contributed by atoms with van der Waals surface area (Å²) in [6.45, 7) is 13.0. The summed E-state index contributed by atoms with van der Waals surface area (Å²) in [5.41, 5.74) is -0.224. The molecule has 0 N–H and O–H groups in total. The fourth-order valence-electron chi connectivity index (χ4n) is 2.49. The van der Waals surface area contributed by atoms with E-state index in [-0.39, 0.29) is 16.9 Å². The summed E-state index contributed by atoms with van der Waals surface area (Å²) in [6.07, 6.45) is 0.892. The highest BCUT2D eigenvalue weighted by atomic mass is 16.8. The first-order valence-electron chi connectivity index (χ1n) is 6.24. The van der Waals surface area contributed by atoms with Crippen molar-refractivity contribution in [3.05, 3.63) is 12.7 Å². The molecule has 0 aromatic rings. The second kappa shape index (κ2) is 5.70. The Morgan fingerprint density at radius 1 is 1.33 bits per heavy atom. The van der Waals surface area contributed by atoms with Crippen LogP contribution < -0.4 is 0 Å². The molecule has 0 spiro atoms. The molecule has 3 atom stereocenters. The normalized spacial score (nSPS) is 33.7. The molecule has 0 radical (unpaired) electrons. The summed E-state index contributed by atoms with van der Waals surface area (Å²) >= 11 is 0. The van der Waals surface area contributed by atoms with Gasteiger partial charge in [-0.2, -0.15) is 0 Å². The van der Waals surface area contributed by atoms with Crippen molar-refractivity contribution in [3.8, 4) is 0 Å². The molecule has 0 saturated carbocycles. The summed E-state index contributed by atoms with van der Waals surface area (Å²) in [5.74, 6) is 0. The zero-order valence-corrected chi connectivity index (χ0v) is 12.4. The Hall–Kier alpha value is -0.420. The molecule has 0 aromatic heterocycles. The molecular weight excluding hydrogens is 232 g/mol. The van der Waals surface area contributed by atoms with Crippen molar-refractivity contribution in [2.75, 3.05) is 20.8 Å². The van der Waals surface area contributed by atoms with Crippen molar-refractivity contribution in [2.24, 2.45) is 10.8 Å². The lowest BCUT2D eigenvalue weighted by atomic mass is 9.71. The van der Waals surface area contributed by atoms with E-state index in [0.29, 0.717) is 6.61 Å². The summed E-state index contributed by atoms with van der Waals surface area (Å²) in [7, 11) is 3.16. The van der Waals surface area contributed by atoms with Gasteiger partial charge in [0.05, 0.1) is 12.7 Å². The van der Waals surface area contributed by atoms with E-state index in [9.17, 15) is 0 Å². The third-order valence-corrected chi connectivity index (χ3v) is 3.37. The summed E-state index contributed by atoms with van der Waals surface area (Å²) in [4.78, 5) is 0. The van der Waals surface area contributed by atoms with Gasteiger partial charge in [0.1, 0.15) is 0 Å². The van der Waals surface area contributed by atoms with Gasteiger partial charge in [-0.05, 0) is 5.41 Å². The molecule has 1 fully saturated rings. The third-order valence-electron chi connectivity index (χ3n) is 3.37. The van der Waals surface area contributed by atoms with E-state index in [0.717, 1.165) is 0 Å². The first kappa shape index (κ1) is 15.6. The predicted octanol–water partition coefficient (Wildman–Crippen LogP) is 2.59. The quantitative estimate of drug-likeness (QED) is 0.573. The van der Waals surface area contributed by atoms with Gasteiger partial charge in [-0.15, -0.1) is 6.58 Å². The summed E-state index contributed by atoms with van der Waals surface area (Å²) in [6, 6.07) is 0. The van der Waals surface area contributed by atoms with Gasteiger partial charge in [-0.1, -0.05) is 33.8 Å². The molecule has 1 heterocycles. The van der Waals surface area contributed by atoms with Crippen molar-refractivity contribution in [3.63, 3.8) is 0 Å². The van der Waals surface area contributed by atoms with E-state index in [4.69, 9.17) is 18.9 Å². The van der Waals surface area contributed by atoms with Crippen LogP contribution in [0.5, 0.6) is 0 Å². The molecule has 0 aliphatic carbocycles. The van der Waals surface area contributed by atoms with Crippen molar-refractivity contribution < 1.29 is 18.9 Å². The van der Waals surface area contributed by atoms with E-state index in [2.05, 4.69) is 34.3 Å². The summed E-state index contributed by atoms with van der Waals surface area (Å²) in [5, 5.41) is 0. The van der Waals surface area contributed by atoms with Crippen molar-refractivity contribution >= 4 is 0 Å². The Labute approximate surface area is 110 Å². The van der Waals surface area contributed by atoms with E-state index in [1.165, 1.54) is 0 Å². The molecule has 18 heavy (non-hydrogen) atoms. The molecule has 1 aliphatic heterocycles. The number of hydrogen-bond donors (Lipinski definition) is 0. The lowest BCUT2D eigenvalue weighted by Gasteiger charge is -2.49. The molecule has 4 nitrogen and oxygen atoms in total. The van der Waals surface area contributed by atoms with Crippen LogP contribution in [0.25, 0.3) is 0 Å². The largest absolute Gasteiger partial charge is 0.351 e. The van der Waals surface area contributed by atoms with Gasteiger partial charge in [0.2, 0.25) is 12.6 Å². The van der Waals surface area contributed by atoms with E-state index in [1.807, 2.05) is 6.08 Å². The number of hydrogen-bond acceptors (Lipinski definition) is 4. The first-order valence-corrected chi connectivity index (χ1v) is 6.24. The maximum Gasteiger partial charge on any atom is 0.209 e. The average molecular weight is 258 g/mol. The molecule has 0 unspecified atom stereocenters. The van der Waals surface area contributed by atoms with E-state index >= 15 is 0 Å². The second-order valence-corrected chi connectivity index (χ2v) is 6.11. The fourth-order valence-corrected chi connectivity index (χ4v) is 2.49. The number of rotatable bonds is 4. The maximum absolute atomic E-state index is 6.06. The topological polar surface area (TPSA) is 36.9 Å². The molecule has 0 amide bonds. The Kier molecular flexibility index (Phi) is 4.95. The van der Waals surface area contributed by atoms with Gasteiger partial charge in [-0.3, -0.25) is 0 Å². The van der Waals surface area contributed by atoms with Gasteiger partial charge in [0.25, 0.3) is 0 Å². The highest BCUT2D eigenvalue weighted by Crippen LogP contribution is 2.42. The smallest absolute Gasteiger partial charge is 0.209 e. The Balaban J connectivity index is 2.90. The molecule has 0 aromatic carbocycles. The van der Waals surface area contributed by atoms with E-state index < -0.39 is 12.6 Å². The zero-order valence-electron chi connectivity index (χ0n) is 12.4. The minimum atomic E-state index is -0.510. The molecule has 106 valence electrons. The molecular formula is C14H26O4. The Bertz CT molecular complexity index is 280. The van der Waals surface area contributed by atoms with Crippen LogP contribution >= 0.6 is 0 Å². The van der Waals surface area contributed by atoms with Crippen LogP contribution in [-0.4, -0.2) is 39.5 Å². The van der Waals surface area contributed by atoms with Crippen LogP contribution in [0.4, 0.5) is 0 Å². The molecule has 0 bridgehead atoms. The lowest BCUT2D eigenvalue weighted by molar-refractivity contribution is -0.340. The number of methoxy groups -OCH3 is 2. The Morgan fingerprint density at radius 3 is 2.28 bits per heavy atom. The van der Waals surface area contributed by atoms with Crippen molar-refractivity contribution in [1.82, 2.24) is 0 Å². The van der Waals surface area contributed by atoms with Gasteiger partial charge in [0.15, 0.2) is 0 Å². The molecule has 4 heteroatoms. The monoisotopic (exact) mass is 258 g/mol. The van der Waals surface area contributed by atoms with Gasteiger partial charge >= 0.3 is 0 Å². The van der Waals surface area contributed by atoms with Crippen LogP contribution in [0.2, 0.25) is 0 Å². The van der Waals surface area contributed by atoms with Crippen LogP contribution in [0, 0.1) is 10.8 Å². The van der Waals surface area contributed by atoms with E-state index in [1.54, 1.807) is 14.2 Å². The molecule has 1 saturated heterocycles. The van der Waals surface area contributed by atoms with Crippen molar-refractivity contribution in [2.45, 2.75) is 46.4 Å². The first-order chi connectivity index (χ1) is 8.28. The SMILES string of the molecule is C=C[C@@]1(C)CO[C@H](C(OC)OC)O[C@@H]1C(C)(C)C. The standard InChI is InChI=1S/C14H26O4/c1-8-14(5)9-17-11(10(15-6)16-7)18-12(14)13(2,3)4/h8,10-12H,1,9H2,2-7H3/t11-,12+,14-/m0/s1. The molecule has 1 rings (SSSR count). The van der Waals surface area contributed by atoms with Crippen LogP contribution in [-0.2, 0) is 18.9 Å². The summed E-state index contributed by atoms with van der Waals surface area (Å²) < 4.78 is 22.2.